The Kier molecular flexibility index (Phi) is 2.06. The molecule has 2 rings (SSSR count). The van der Waals surface area contributed by atoms with Gasteiger partial charge in [-0.1, -0.05) is 6.07 Å². The van der Waals surface area contributed by atoms with Crippen molar-refractivity contribution >= 4 is 19.7 Å². The fourth-order valence-electron chi connectivity index (χ4n) is 1.14. The smallest absolute Gasteiger partial charge is 0.395 e. The average Bonchev–Trinajstić information content (AvgIpc) is 2.35. The lowest BCUT2D eigenvalue weighted by molar-refractivity contribution is -0.287. The van der Waals surface area contributed by atoms with Crippen LogP contribution in [-0.2, 0) is 9.05 Å². The Balaban J connectivity index is 2.61. The Morgan fingerprint density at radius 3 is 2.53 bits per heavy atom. The molecule has 1 aliphatic heterocycles. The number of fused-ring (bicyclic) bond motifs is 1. The second kappa shape index (κ2) is 2.96. The van der Waals surface area contributed by atoms with E-state index in [2.05, 4.69) is 9.47 Å². The van der Waals surface area contributed by atoms with Crippen LogP contribution in [0.1, 0.15) is 0 Å². The minimum Gasteiger partial charge on any atom is -0.395 e. The summed E-state index contributed by atoms with van der Waals surface area (Å²) < 4.78 is 55.3. The zero-order chi connectivity index (χ0) is 11.3. The molecule has 0 radical (unpaired) electrons. The van der Waals surface area contributed by atoms with Crippen LogP contribution in [-0.4, -0.2) is 14.7 Å². The SMILES string of the molecule is O=S(=O)(Cl)c1cccc2c1OC(F)(F)O2. The first-order chi connectivity index (χ1) is 6.80. The summed E-state index contributed by atoms with van der Waals surface area (Å²) in [6.45, 7) is 0. The molecule has 0 atom stereocenters. The molecule has 0 saturated heterocycles. The Labute approximate surface area is 87.8 Å². The molecule has 0 spiro atoms. The first-order valence-electron chi connectivity index (χ1n) is 3.63. The maximum Gasteiger partial charge on any atom is 0.586 e. The first kappa shape index (κ1) is 10.4. The van der Waals surface area contributed by atoms with Crippen molar-refractivity contribution in [1.82, 2.24) is 0 Å². The lowest BCUT2D eigenvalue weighted by Crippen LogP contribution is -2.26. The molecule has 0 aromatic heterocycles. The largest absolute Gasteiger partial charge is 0.586 e. The van der Waals surface area contributed by atoms with E-state index in [1.807, 2.05) is 0 Å². The van der Waals surface area contributed by atoms with E-state index in [0.717, 1.165) is 12.1 Å². The fourth-order valence-corrected chi connectivity index (χ4v) is 2.11. The van der Waals surface area contributed by atoms with Crippen LogP contribution in [0.4, 0.5) is 8.78 Å². The predicted molar refractivity (Wildman–Crippen MR) is 45.7 cm³/mol. The maximum atomic E-state index is 12.6. The summed E-state index contributed by atoms with van der Waals surface area (Å²) in [5.74, 6) is -0.931. The van der Waals surface area contributed by atoms with Crippen LogP contribution in [0, 0.1) is 0 Å². The van der Waals surface area contributed by atoms with Crippen LogP contribution in [0.25, 0.3) is 0 Å². The van der Waals surface area contributed by atoms with Gasteiger partial charge in [0.2, 0.25) is 0 Å². The summed E-state index contributed by atoms with van der Waals surface area (Å²) >= 11 is 0. The first-order valence-corrected chi connectivity index (χ1v) is 5.94. The summed E-state index contributed by atoms with van der Waals surface area (Å²) in [5.41, 5.74) is 0. The van der Waals surface area contributed by atoms with Crippen molar-refractivity contribution in [3.8, 4) is 11.5 Å². The van der Waals surface area contributed by atoms with Crippen LogP contribution >= 0.6 is 10.7 Å². The Morgan fingerprint density at radius 2 is 1.93 bits per heavy atom. The summed E-state index contributed by atoms with van der Waals surface area (Å²) in [6, 6.07) is 3.42. The molecule has 4 nitrogen and oxygen atoms in total. The van der Waals surface area contributed by atoms with Gasteiger partial charge in [0.1, 0.15) is 4.90 Å². The number of hydrogen-bond donors (Lipinski definition) is 0. The van der Waals surface area contributed by atoms with Gasteiger partial charge in [-0.2, -0.15) is 0 Å². The number of halogens is 3. The molecule has 1 heterocycles. The monoisotopic (exact) mass is 256 g/mol. The minimum absolute atomic E-state index is 0.360. The Bertz CT molecular complexity index is 514. The third-order valence-corrected chi connectivity index (χ3v) is 3.00. The second-order valence-electron chi connectivity index (χ2n) is 2.69. The van der Waals surface area contributed by atoms with Gasteiger partial charge in [-0.25, -0.2) is 8.42 Å². The number of hydrogen-bond acceptors (Lipinski definition) is 4. The van der Waals surface area contributed by atoms with E-state index in [1.165, 1.54) is 6.07 Å². The number of alkyl halides is 2. The highest BCUT2D eigenvalue weighted by molar-refractivity contribution is 8.13. The predicted octanol–water partition coefficient (Wildman–Crippen LogP) is 1.94. The van der Waals surface area contributed by atoms with Crippen LogP contribution in [0.2, 0.25) is 0 Å². The molecule has 0 aliphatic carbocycles. The number of ether oxygens (including phenoxy) is 2. The van der Waals surface area contributed by atoms with Gasteiger partial charge >= 0.3 is 6.29 Å². The van der Waals surface area contributed by atoms with E-state index >= 15 is 0 Å². The van der Waals surface area contributed by atoms with E-state index in [-0.39, 0.29) is 5.75 Å². The number of para-hydroxylation sites is 1. The minimum atomic E-state index is -4.14. The molecule has 82 valence electrons. The molecule has 8 heteroatoms. The fraction of sp³-hybridized carbons (Fsp3) is 0.143. The Hall–Kier alpha value is -1.08. The van der Waals surface area contributed by atoms with Gasteiger partial charge < -0.3 is 9.47 Å². The molecule has 15 heavy (non-hydrogen) atoms. The molecule has 0 amide bonds. The van der Waals surface area contributed by atoms with Gasteiger partial charge in [0.05, 0.1) is 0 Å². The van der Waals surface area contributed by atoms with Gasteiger partial charge in [0.15, 0.2) is 11.5 Å². The molecular formula is C7H3ClF2O4S. The van der Waals surface area contributed by atoms with E-state index < -0.39 is 26.0 Å². The lowest BCUT2D eigenvalue weighted by atomic mass is 10.3. The van der Waals surface area contributed by atoms with Crippen LogP contribution in [0.3, 0.4) is 0 Å². The van der Waals surface area contributed by atoms with Crippen molar-refractivity contribution in [2.75, 3.05) is 0 Å². The zero-order valence-electron chi connectivity index (χ0n) is 6.91. The summed E-state index contributed by atoms with van der Waals surface area (Å²) in [4.78, 5) is -0.543. The number of benzene rings is 1. The third-order valence-electron chi connectivity index (χ3n) is 1.66. The van der Waals surface area contributed by atoms with Gasteiger partial charge in [0.25, 0.3) is 9.05 Å². The highest BCUT2D eigenvalue weighted by Crippen LogP contribution is 2.45. The van der Waals surface area contributed by atoms with Crippen molar-refractivity contribution in [2.24, 2.45) is 0 Å². The second-order valence-corrected chi connectivity index (χ2v) is 5.22. The average molecular weight is 257 g/mol. The van der Waals surface area contributed by atoms with Crippen molar-refractivity contribution in [2.45, 2.75) is 11.2 Å². The topological polar surface area (TPSA) is 52.6 Å². The van der Waals surface area contributed by atoms with E-state index in [4.69, 9.17) is 10.7 Å². The van der Waals surface area contributed by atoms with Gasteiger partial charge in [-0.05, 0) is 12.1 Å². The van der Waals surface area contributed by atoms with Crippen molar-refractivity contribution in [3.63, 3.8) is 0 Å². The molecule has 0 bridgehead atoms. The van der Waals surface area contributed by atoms with Crippen molar-refractivity contribution in [3.05, 3.63) is 18.2 Å². The third kappa shape index (κ3) is 1.84. The number of rotatable bonds is 1. The molecule has 0 unspecified atom stereocenters. The molecule has 1 aromatic carbocycles. The van der Waals surface area contributed by atoms with Crippen molar-refractivity contribution < 1.29 is 26.7 Å². The molecule has 0 N–H and O–H groups in total. The Morgan fingerprint density at radius 1 is 1.27 bits per heavy atom. The summed E-state index contributed by atoms with van der Waals surface area (Å²) in [6.07, 6.45) is -3.86. The molecule has 1 aromatic rings. The molecular weight excluding hydrogens is 254 g/mol. The standard InChI is InChI=1S/C7H3ClF2O4S/c8-15(11,12)5-3-1-2-4-6(5)14-7(9,10)13-4/h1-3H. The van der Waals surface area contributed by atoms with E-state index in [9.17, 15) is 17.2 Å². The quantitative estimate of drug-likeness (QED) is 0.721. The van der Waals surface area contributed by atoms with Crippen LogP contribution in [0.15, 0.2) is 23.1 Å². The molecule has 0 saturated carbocycles. The van der Waals surface area contributed by atoms with E-state index in [1.54, 1.807) is 0 Å². The summed E-state index contributed by atoms with van der Waals surface area (Å²) in [7, 11) is 0.883. The molecule has 0 fully saturated rings. The normalized spacial score (nSPS) is 17.8. The highest BCUT2D eigenvalue weighted by atomic mass is 35.7. The lowest BCUT2D eigenvalue weighted by Gasteiger charge is -2.05. The van der Waals surface area contributed by atoms with Gasteiger partial charge in [0, 0.05) is 10.7 Å². The molecule has 1 aliphatic rings. The maximum absolute atomic E-state index is 12.6. The highest BCUT2D eigenvalue weighted by Gasteiger charge is 2.45. The van der Waals surface area contributed by atoms with Crippen LogP contribution < -0.4 is 9.47 Å². The van der Waals surface area contributed by atoms with Gasteiger partial charge in [-0.15, -0.1) is 8.78 Å². The van der Waals surface area contributed by atoms with E-state index in [0.29, 0.717) is 0 Å². The zero-order valence-corrected chi connectivity index (χ0v) is 8.48. The summed E-state index contributed by atoms with van der Waals surface area (Å²) in [5, 5.41) is 0. The van der Waals surface area contributed by atoms with Crippen LogP contribution in [0.5, 0.6) is 11.5 Å². The van der Waals surface area contributed by atoms with Gasteiger partial charge in [-0.3, -0.25) is 0 Å². The van der Waals surface area contributed by atoms with Crippen molar-refractivity contribution in [1.29, 1.82) is 0 Å².